The van der Waals surface area contributed by atoms with E-state index in [2.05, 4.69) is 5.32 Å². The monoisotopic (exact) mass is 257 g/mol. The lowest BCUT2D eigenvalue weighted by Gasteiger charge is -2.25. The molecule has 0 heterocycles. The third kappa shape index (κ3) is 3.50. The van der Waals surface area contributed by atoms with E-state index in [4.69, 9.17) is 0 Å². The van der Waals surface area contributed by atoms with Crippen molar-refractivity contribution in [2.24, 2.45) is 0 Å². The molecule has 0 saturated carbocycles. The second-order valence-electron chi connectivity index (χ2n) is 4.24. The zero-order valence-corrected chi connectivity index (χ0v) is 10.5. The van der Waals surface area contributed by atoms with Gasteiger partial charge in [0.2, 0.25) is 0 Å². The molecule has 0 unspecified atom stereocenters. The summed E-state index contributed by atoms with van der Waals surface area (Å²) in [5, 5.41) is 12.5. The summed E-state index contributed by atoms with van der Waals surface area (Å²) >= 11 is 0. The molecule has 3 nitrogen and oxygen atoms in total. The molecule has 0 aliphatic carbocycles. The number of hydrogen-bond donors (Lipinski definition) is 2. The molecule has 1 rings (SSSR count). The fraction of sp³-hybridized carbons (Fsp3) is 0.462. The van der Waals surface area contributed by atoms with E-state index in [9.17, 15) is 18.7 Å². The highest BCUT2D eigenvalue weighted by Gasteiger charge is 2.23. The van der Waals surface area contributed by atoms with Crippen LogP contribution in [0, 0.1) is 11.6 Å². The minimum Gasteiger partial charge on any atom is -0.388 e. The van der Waals surface area contributed by atoms with Crippen LogP contribution in [0.5, 0.6) is 0 Å². The molecule has 1 aromatic carbocycles. The van der Waals surface area contributed by atoms with E-state index in [1.165, 1.54) is 6.07 Å². The van der Waals surface area contributed by atoms with Crippen LogP contribution < -0.4 is 5.32 Å². The van der Waals surface area contributed by atoms with Gasteiger partial charge in [-0.1, -0.05) is 13.8 Å². The van der Waals surface area contributed by atoms with Crippen LogP contribution in [-0.2, 0) is 0 Å². The Labute approximate surface area is 105 Å². The van der Waals surface area contributed by atoms with Gasteiger partial charge in [-0.15, -0.1) is 0 Å². The van der Waals surface area contributed by atoms with Gasteiger partial charge >= 0.3 is 0 Å². The van der Waals surface area contributed by atoms with E-state index in [-0.39, 0.29) is 12.1 Å². The molecule has 0 saturated heterocycles. The normalized spacial score (nSPS) is 11.4. The molecule has 0 fully saturated rings. The van der Waals surface area contributed by atoms with E-state index < -0.39 is 23.1 Å². The smallest absolute Gasteiger partial charge is 0.251 e. The Morgan fingerprint density at radius 3 is 2.39 bits per heavy atom. The van der Waals surface area contributed by atoms with Gasteiger partial charge < -0.3 is 10.4 Å². The molecule has 0 spiro atoms. The van der Waals surface area contributed by atoms with Crippen molar-refractivity contribution in [3.63, 3.8) is 0 Å². The van der Waals surface area contributed by atoms with Crippen LogP contribution in [0.4, 0.5) is 8.78 Å². The fourth-order valence-corrected chi connectivity index (χ4v) is 1.48. The fourth-order valence-electron chi connectivity index (χ4n) is 1.48. The van der Waals surface area contributed by atoms with Crippen LogP contribution in [0.3, 0.4) is 0 Å². The Balaban J connectivity index is 2.68. The lowest BCUT2D eigenvalue weighted by atomic mass is 9.97. The van der Waals surface area contributed by atoms with Crippen molar-refractivity contribution < 1.29 is 18.7 Å². The summed E-state index contributed by atoms with van der Waals surface area (Å²) in [5.74, 6) is -2.59. The number of benzene rings is 1. The van der Waals surface area contributed by atoms with Crippen LogP contribution in [0.1, 0.15) is 37.0 Å². The minimum absolute atomic E-state index is 0.0310. The summed E-state index contributed by atoms with van der Waals surface area (Å²) in [5.41, 5.74) is -0.933. The summed E-state index contributed by atoms with van der Waals surface area (Å²) in [6, 6.07) is 2.93. The van der Waals surface area contributed by atoms with Crippen molar-refractivity contribution >= 4 is 5.91 Å². The van der Waals surface area contributed by atoms with Gasteiger partial charge in [-0.3, -0.25) is 4.79 Å². The van der Waals surface area contributed by atoms with E-state index in [1.807, 2.05) is 13.8 Å². The summed E-state index contributed by atoms with van der Waals surface area (Å²) in [7, 11) is 0. The Bertz CT molecular complexity index is 431. The lowest BCUT2D eigenvalue weighted by molar-refractivity contribution is 0.0314. The zero-order chi connectivity index (χ0) is 13.8. The van der Waals surface area contributed by atoms with Crippen molar-refractivity contribution in [1.82, 2.24) is 5.32 Å². The Morgan fingerprint density at radius 1 is 1.28 bits per heavy atom. The third-order valence-electron chi connectivity index (χ3n) is 3.08. The predicted molar refractivity (Wildman–Crippen MR) is 64.2 cm³/mol. The van der Waals surface area contributed by atoms with Gasteiger partial charge in [-0.05, 0) is 31.0 Å². The van der Waals surface area contributed by atoms with E-state index >= 15 is 0 Å². The van der Waals surface area contributed by atoms with Gasteiger partial charge in [0.15, 0.2) is 11.6 Å². The summed E-state index contributed by atoms with van der Waals surface area (Å²) in [4.78, 5) is 11.7. The SMILES string of the molecule is CCC(O)(CC)CNC(=O)c1ccc(F)c(F)c1. The molecule has 0 aliphatic heterocycles. The topological polar surface area (TPSA) is 49.3 Å². The molecule has 100 valence electrons. The molecule has 1 amide bonds. The van der Waals surface area contributed by atoms with Crippen LogP contribution in [0.15, 0.2) is 18.2 Å². The van der Waals surface area contributed by atoms with E-state index in [0.717, 1.165) is 12.1 Å². The largest absolute Gasteiger partial charge is 0.388 e. The zero-order valence-electron chi connectivity index (χ0n) is 10.5. The first kappa shape index (κ1) is 14.6. The second kappa shape index (κ2) is 5.91. The summed E-state index contributed by atoms with van der Waals surface area (Å²) < 4.78 is 25.6. The number of halogens is 2. The first-order chi connectivity index (χ1) is 8.41. The lowest BCUT2D eigenvalue weighted by Crippen LogP contribution is -2.42. The van der Waals surface area contributed by atoms with E-state index in [0.29, 0.717) is 12.8 Å². The number of nitrogens with one attached hydrogen (secondary N) is 1. The molecule has 18 heavy (non-hydrogen) atoms. The highest BCUT2D eigenvalue weighted by Crippen LogP contribution is 2.14. The molecule has 2 N–H and O–H groups in total. The summed E-state index contributed by atoms with van der Waals surface area (Å²) in [6.07, 6.45) is 1.00. The average molecular weight is 257 g/mol. The van der Waals surface area contributed by atoms with E-state index in [1.54, 1.807) is 0 Å². The first-order valence-corrected chi connectivity index (χ1v) is 5.87. The average Bonchev–Trinajstić information content (AvgIpc) is 2.38. The molecule has 0 aliphatic rings. The molecule has 0 radical (unpaired) electrons. The minimum atomic E-state index is -1.07. The number of carbonyl (C=O) groups is 1. The van der Waals surface area contributed by atoms with Gasteiger partial charge in [0.25, 0.3) is 5.91 Å². The number of rotatable bonds is 5. The number of carbonyl (C=O) groups excluding carboxylic acids is 1. The van der Waals surface area contributed by atoms with Gasteiger partial charge in [0, 0.05) is 12.1 Å². The van der Waals surface area contributed by atoms with Crippen LogP contribution in [0.2, 0.25) is 0 Å². The van der Waals surface area contributed by atoms with Crippen LogP contribution in [0.25, 0.3) is 0 Å². The molecular formula is C13H17F2NO2. The Hall–Kier alpha value is -1.49. The highest BCUT2D eigenvalue weighted by atomic mass is 19.2. The van der Waals surface area contributed by atoms with Crippen molar-refractivity contribution in [3.8, 4) is 0 Å². The van der Waals surface area contributed by atoms with Crippen LogP contribution >= 0.6 is 0 Å². The highest BCUT2D eigenvalue weighted by molar-refractivity contribution is 5.94. The maximum atomic E-state index is 12.9. The molecule has 1 aromatic rings. The van der Waals surface area contributed by atoms with Gasteiger partial charge in [0.1, 0.15) is 0 Å². The number of aliphatic hydroxyl groups is 1. The van der Waals surface area contributed by atoms with Crippen molar-refractivity contribution in [2.75, 3.05) is 6.54 Å². The van der Waals surface area contributed by atoms with Crippen LogP contribution in [-0.4, -0.2) is 23.2 Å². The Morgan fingerprint density at radius 2 is 1.89 bits per heavy atom. The quantitative estimate of drug-likeness (QED) is 0.850. The molecule has 5 heteroatoms. The number of hydrogen-bond acceptors (Lipinski definition) is 2. The number of amides is 1. The molecule has 0 bridgehead atoms. The van der Waals surface area contributed by atoms with Crippen molar-refractivity contribution in [2.45, 2.75) is 32.3 Å². The van der Waals surface area contributed by atoms with Gasteiger partial charge in [-0.2, -0.15) is 0 Å². The van der Waals surface area contributed by atoms with Gasteiger partial charge in [-0.25, -0.2) is 8.78 Å². The Kier molecular flexibility index (Phi) is 4.78. The molecule has 0 atom stereocenters. The molecular weight excluding hydrogens is 240 g/mol. The predicted octanol–water partition coefficient (Wildman–Crippen LogP) is 2.25. The van der Waals surface area contributed by atoms with Crippen molar-refractivity contribution in [1.29, 1.82) is 0 Å². The van der Waals surface area contributed by atoms with Crippen molar-refractivity contribution in [3.05, 3.63) is 35.4 Å². The maximum absolute atomic E-state index is 12.9. The third-order valence-corrected chi connectivity index (χ3v) is 3.08. The maximum Gasteiger partial charge on any atom is 0.251 e. The standard InChI is InChI=1S/C13H17F2NO2/c1-3-13(18,4-2)8-16-12(17)9-5-6-10(14)11(15)7-9/h5-7,18H,3-4,8H2,1-2H3,(H,16,17). The second-order valence-corrected chi connectivity index (χ2v) is 4.24. The summed E-state index contributed by atoms with van der Waals surface area (Å²) in [6.45, 7) is 3.71. The van der Waals surface area contributed by atoms with Gasteiger partial charge in [0.05, 0.1) is 5.60 Å². The molecule has 0 aromatic heterocycles. The first-order valence-electron chi connectivity index (χ1n) is 5.87.